The Kier molecular flexibility index (Phi) is 9.50. The lowest BCUT2D eigenvalue weighted by Gasteiger charge is -2.43. The lowest BCUT2D eigenvalue weighted by molar-refractivity contribution is -0.00502. The number of hydrogen-bond donors (Lipinski definition) is 2. The van der Waals surface area contributed by atoms with Crippen LogP contribution in [0.5, 0.6) is 0 Å². The maximum atomic E-state index is 5.56. The summed E-state index contributed by atoms with van der Waals surface area (Å²) in [5.41, 5.74) is 3.77. The van der Waals surface area contributed by atoms with Crippen LogP contribution in [-0.4, -0.2) is 73.1 Å². The molecule has 1 saturated heterocycles. The van der Waals surface area contributed by atoms with Gasteiger partial charge in [0.1, 0.15) is 0 Å². The third-order valence-electron chi connectivity index (χ3n) is 5.73. The van der Waals surface area contributed by atoms with Gasteiger partial charge in [0.2, 0.25) is 0 Å². The Hall–Kier alpha value is -0.870. The van der Waals surface area contributed by atoms with E-state index in [9.17, 15) is 0 Å². The van der Waals surface area contributed by atoms with E-state index in [1.54, 1.807) is 0 Å². The molecule has 156 valence electrons. The molecule has 0 bridgehead atoms. The first-order valence-corrected chi connectivity index (χ1v) is 9.50. The largest absolute Gasteiger partial charge is 0.381 e. The molecule has 1 aromatic rings. The Morgan fingerprint density at radius 1 is 1.33 bits per heavy atom. The van der Waals surface area contributed by atoms with E-state index in [4.69, 9.17) is 4.74 Å². The third kappa shape index (κ3) is 6.05. The summed E-state index contributed by atoms with van der Waals surface area (Å²) >= 11 is 0. The number of hydrogen-bond acceptors (Lipinski definition) is 4. The maximum Gasteiger partial charge on any atom is 0.191 e. The summed E-state index contributed by atoms with van der Waals surface area (Å²) in [4.78, 5) is 6.74. The number of likely N-dealkylation sites (N-methyl/N-ethyl adjacent to an activating group) is 1. The van der Waals surface area contributed by atoms with Crippen molar-refractivity contribution >= 4 is 29.9 Å². The summed E-state index contributed by atoms with van der Waals surface area (Å²) in [5.74, 6) is 0.851. The summed E-state index contributed by atoms with van der Waals surface area (Å²) in [6.45, 7) is 8.90. The molecule has 0 amide bonds. The molecule has 0 saturated carbocycles. The fourth-order valence-electron chi connectivity index (χ4n) is 3.68. The van der Waals surface area contributed by atoms with Gasteiger partial charge in [-0.3, -0.25) is 9.67 Å². The van der Waals surface area contributed by atoms with Crippen LogP contribution in [0.3, 0.4) is 0 Å². The molecule has 1 atom stereocenters. The zero-order chi connectivity index (χ0) is 19.3. The van der Waals surface area contributed by atoms with Gasteiger partial charge in [-0.1, -0.05) is 0 Å². The molecule has 0 aliphatic carbocycles. The molecule has 0 radical (unpaired) electrons. The first kappa shape index (κ1) is 24.2. The number of aliphatic imine (C=N–C) groups is 1. The van der Waals surface area contributed by atoms with Crippen molar-refractivity contribution in [3.05, 3.63) is 17.0 Å². The lowest BCUT2D eigenvalue weighted by Crippen LogP contribution is -2.57. The van der Waals surface area contributed by atoms with E-state index in [0.717, 1.165) is 50.7 Å². The zero-order valence-electron chi connectivity index (χ0n) is 17.9. The highest BCUT2D eigenvalue weighted by Crippen LogP contribution is 2.25. The Bertz CT molecular complexity index is 622. The summed E-state index contributed by atoms with van der Waals surface area (Å²) in [6, 6.07) is 0.271. The quantitative estimate of drug-likeness (QED) is 0.361. The average molecular weight is 492 g/mol. The van der Waals surface area contributed by atoms with Gasteiger partial charge in [-0.05, 0) is 59.7 Å². The van der Waals surface area contributed by atoms with Gasteiger partial charge in [0.15, 0.2) is 5.96 Å². The standard InChI is InChI=1S/C19H36N6O.HI/c1-14(12-17-15(2)23-25(7)16(17)3)22-18(20-4)21-13-19(24(5)6)8-10-26-11-9-19;/h14H,8-13H2,1-7H3,(H2,20,21,22);1H. The summed E-state index contributed by atoms with van der Waals surface area (Å²) in [7, 11) is 8.13. The molecule has 8 heteroatoms. The second kappa shape index (κ2) is 10.6. The lowest BCUT2D eigenvalue weighted by atomic mass is 9.88. The van der Waals surface area contributed by atoms with E-state index in [2.05, 4.69) is 60.5 Å². The minimum absolute atomic E-state index is 0. The molecule has 2 heterocycles. The number of aromatic nitrogens is 2. The summed E-state index contributed by atoms with van der Waals surface area (Å²) in [6.07, 6.45) is 3.00. The number of guanidine groups is 1. The molecular formula is C19H37IN6O. The molecule has 2 rings (SSSR count). The predicted molar refractivity (Wildman–Crippen MR) is 122 cm³/mol. The normalized spacial score (nSPS) is 18.1. The molecule has 0 aromatic carbocycles. The smallest absolute Gasteiger partial charge is 0.191 e. The van der Waals surface area contributed by atoms with Crippen LogP contribution in [0.1, 0.15) is 36.7 Å². The molecule has 1 unspecified atom stereocenters. The van der Waals surface area contributed by atoms with Crippen molar-refractivity contribution in [1.29, 1.82) is 0 Å². The van der Waals surface area contributed by atoms with Crippen LogP contribution in [0.4, 0.5) is 0 Å². The molecule has 1 aliphatic heterocycles. The van der Waals surface area contributed by atoms with Crippen LogP contribution in [0.25, 0.3) is 0 Å². The number of nitrogens with one attached hydrogen (secondary N) is 2. The molecule has 2 N–H and O–H groups in total. The SMILES string of the molecule is CN=C(NCC1(N(C)C)CCOCC1)NC(C)Cc1c(C)nn(C)c1C.I. The van der Waals surface area contributed by atoms with E-state index in [1.165, 1.54) is 11.3 Å². The van der Waals surface area contributed by atoms with Crippen LogP contribution in [0.2, 0.25) is 0 Å². The minimum atomic E-state index is 0. The van der Waals surface area contributed by atoms with E-state index in [1.807, 2.05) is 18.8 Å². The Balaban J connectivity index is 0.00000364. The second-order valence-electron chi connectivity index (χ2n) is 7.68. The van der Waals surface area contributed by atoms with Crippen LogP contribution in [-0.2, 0) is 18.2 Å². The zero-order valence-corrected chi connectivity index (χ0v) is 20.3. The Labute approximate surface area is 181 Å². The topological polar surface area (TPSA) is 66.7 Å². The highest BCUT2D eigenvalue weighted by Gasteiger charge is 2.34. The fourth-order valence-corrected chi connectivity index (χ4v) is 3.68. The van der Waals surface area contributed by atoms with Crippen molar-refractivity contribution in [3.8, 4) is 0 Å². The highest BCUT2D eigenvalue weighted by atomic mass is 127. The van der Waals surface area contributed by atoms with Crippen molar-refractivity contribution in [3.63, 3.8) is 0 Å². The maximum absolute atomic E-state index is 5.56. The van der Waals surface area contributed by atoms with Crippen molar-refractivity contribution in [2.45, 2.75) is 51.6 Å². The predicted octanol–water partition coefficient (Wildman–Crippen LogP) is 1.86. The van der Waals surface area contributed by atoms with Crippen molar-refractivity contribution < 1.29 is 4.74 Å². The number of halogens is 1. The highest BCUT2D eigenvalue weighted by molar-refractivity contribution is 14.0. The van der Waals surface area contributed by atoms with Gasteiger partial charge in [-0.2, -0.15) is 5.10 Å². The third-order valence-corrected chi connectivity index (χ3v) is 5.73. The van der Waals surface area contributed by atoms with Crippen LogP contribution >= 0.6 is 24.0 Å². The van der Waals surface area contributed by atoms with Gasteiger partial charge in [0.25, 0.3) is 0 Å². The average Bonchev–Trinajstić information content (AvgIpc) is 2.85. The van der Waals surface area contributed by atoms with Gasteiger partial charge in [0, 0.05) is 51.1 Å². The van der Waals surface area contributed by atoms with E-state index in [0.29, 0.717) is 0 Å². The van der Waals surface area contributed by atoms with Gasteiger partial charge in [-0.25, -0.2) is 0 Å². The number of ether oxygens (including phenoxy) is 1. The van der Waals surface area contributed by atoms with Crippen molar-refractivity contribution in [1.82, 2.24) is 25.3 Å². The summed E-state index contributed by atoms with van der Waals surface area (Å²) < 4.78 is 7.51. The number of nitrogens with zero attached hydrogens (tertiary/aromatic N) is 4. The Morgan fingerprint density at radius 3 is 2.44 bits per heavy atom. The molecular weight excluding hydrogens is 455 g/mol. The molecule has 1 aliphatic rings. The molecule has 0 spiro atoms. The number of aryl methyl sites for hydroxylation is 2. The first-order valence-electron chi connectivity index (χ1n) is 9.50. The van der Waals surface area contributed by atoms with E-state index in [-0.39, 0.29) is 35.6 Å². The van der Waals surface area contributed by atoms with Gasteiger partial charge >= 0.3 is 0 Å². The molecule has 1 aromatic heterocycles. The van der Waals surface area contributed by atoms with E-state index < -0.39 is 0 Å². The van der Waals surface area contributed by atoms with Gasteiger partial charge in [-0.15, -0.1) is 24.0 Å². The van der Waals surface area contributed by atoms with Crippen LogP contribution in [0, 0.1) is 13.8 Å². The van der Waals surface area contributed by atoms with Gasteiger partial charge in [0.05, 0.1) is 5.69 Å². The number of rotatable bonds is 6. The molecule has 1 fully saturated rings. The summed E-state index contributed by atoms with van der Waals surface area (Å²) in [5, 5.41) is 11.6. The molecule has 27 heavy (non-hydrogen) atoms. The first-order chi connectivity index (χ1) is 12.3. The van der Waals surface area contributed by atoms with E-state index >= 15 is 0 Å². The van der Waals surface area contributed by atoms with Crippen molar-refractivity contribution in [2.24, 2.45) is 12.0 Å². The van der Waals surface area contributed by atoms with Crippen LogP contribution in [0.15, 0.2) is 4.99 Å². The Morgan fingerprint density at radius 2 is 1.96 bits per heavy atom. The monoisotopic (exact) mass is 492 g/mol. The molecule has 7 nitrogen and oxygen atoms in total. The minimum Gasteiger partial charge on any atom is -0.381 e. The fraction of sp³-hybridized carbons (Fsp3) is 0.789. The van der Waals surface area contributed by atoms with Crippen LogP contribution < -0.4 is 10.6 Å². The van der Waals surface area contributed by atoms with Gasteiger partial charge < -0.3 is 20.3 Å². The van der Waals surface area contributed by atoms with Crippen molar-refractivity contribution in [2.75, 3.05) is 40.9 Å². The second-order valence-corrected chi connectivity index (χ2v) is 7.68.